The summed E-state index contributed by atoms with van der Waals surface area (Å²) in [5.74, 6) is 5.49. The van der Waals surface area contributed by atoms with E-state index in [-0.39, 0.29) is 0 Å². The van der Waals surface area contributed by atoms with Crippen LogP contribution in [-0.4, -0.2) is 26.3 Å². The van der Waals surface area contributed by atoms with E-state index in [9.17, 15) is 0 Å². The Morgan fingerprint density at radius 1 is 1.36 bits per heavy atom. The molecule has 0 N–H and O–H groups in total. The van der Waals surface area contributed by atoms with Gasteiger partial charge in [-0.25, -0.2) is 9.67 Å². The zero-order valence-electron chi connectivity index (χ0n) is 8.28. The molecule has 0 bridgehead atoms. The third kappa shape index (κ3) is 1.45. The van der Waals surface area contributed by atoms with E-state index >= 15 is 0 Å². The van der Waals surface area contributed by atoms with Crippen LogP contribution in [0.15, 0.2) is 0 Å². The fraction of sp³-hybridized carbons (Fsp3) is 0.800. The summed E-state index contributed by atoms with van der Waals surface area (Å²) in [6.45, 7) is 1.09. The standard InChI is InChI=1S/C10H15N3S/c1-2-5-13-9(3-1)11-10(12-13)8-4-6-14-7-8/h8H,1-7H2. The van der Waals surface area contributed by atoms with Gasteiger partial charge < -0.3 is 0 Å². The van der Waals surface area contributed by atoms with Crippen LogP contribution in [0.3, 0.4) is 0 Å². The lowest BCUT2D eigenvalue weighted by Crippen LogP contribution is -2.11. The number of hydrogen-bond donors (Lipinski definition) is 0. The summed E-state index contributed by atoms with van der Waals surface area (Å²) in [4.78, 5) is 4.67. The van der Waals surface area contributed by atoms with Crippen LogP contribution < -0.4 is 0 Å². The molecule has 0 spiro atoms. The van der Waals surface area contributed by atoms with Gasteiger partial charge in [0.2, 0.25) is 0 Å². The molecule has 0 amide bonds. The monoisotopic (exact) mass is 209 g/mol. The minimum atomic E-state index is 0.637. The first-order valence-corrected chi connectivity index (χ1v) is 6.60. The Labute approximate surface area is 88.3 Å². The van der Waals surface area contributed by atoms with Crippen LogP contribution in [0.4, 0.5) is 0 Å². The summed E-state index contributed by atoms with van der Waals surface area (Å²) < 4.78 is 2.13. The second-order valence-electron chi connectivity index (χ2n) is 4.13. The maximum Gasteiger partial charge on any atom is 0.154 e. The highest BCUT2D eigenvalue weighted by Crippen LogP contribution is 2.31. The smallest absolute Gasteiger partial charge is 0.154 e. The lowest BCUT2D eigenvalue weighted by molar-refractivity contribution is 0.477. The van der Waals surface area contributed by atoms with Crippen molar-refractivity contribution in [3.05, 3.63) is 11.6 Å². The van der Waals surface area contributed by atoms with Gasteiger partial charge in [-0.3, -0.25) is 0 Å². The van der Waals surface area contributed by atoms with E-state index in [4.69, 9.17) is 0 Å². The molecule has 0 aliphatic carbocycles. The maximum absolute atomic E-state index is 4.67. The SMILES string of the molecule is C1CCn2nc(C3CCSC3)nc2C1. The van der Waals surface area contributed by atoms with Crippen LogP contribution in [0.2, 0.25) is 0 Å². The highest BCUT2D eigenvalue weighted by atomic mass is 32.2. The zero-order chi connectivity index (χ0) is 9.38. The van der Waals surface area contributed by atoms with E-state index in [0.29, 0.717) is 5.92 Å². The molecule has 0 aromatic carbocycles. The third-order valence-corrected chi connectivity index (χ3v) is 4.24. The highest BCUT2D eigenvalue weighted by Gasteiger charge is 2.23. The molecule has 3 nitrogen and oxygen atoms in total. The molecule has 2 aliphatic heterocycles. The maximum atomic E-state index is 4.67. The van der Waals surface area contributed by atoms with Crippen LogP contribution in [0.25, 0.3) is 0 Å². The minimum Gasteiger partial charge on any atom is -0.250 e. The van der Waals surface area contributed by atoms with Gasteiger partial charge in [-0.05, 0) is 25.0 Å². The van der Waals surface area contributed by atoms with E-state index in [1.165, 1.54) is 36.6 Å². The molecule has 1 fully saturated rings. The number of rotatable bonds is 1. The molecule has 1 aromatic heterocycles. The van der Waals surface area contributed by atoms with E-state index in [1.807, 2.05) is 11.8 Å². The van der Waals surface area contributed by atoms with Gasteiger partial charge in [-0.1, -0.05) is 0 Å². The molecule has 3 rings (SSSR count). The molecule has 14 heavy (non-hydrogen) atoms. The normalized spacial score (nSPS) is 26.4. The van der Waals surface area contributed by atoms with Crippen molar-refractivity contribution in [2.45, 2.75) is 38.1 Å². The third-order valence-electron chi connectivity index (χ3n) is 3.08. The highest BCUT2D eigenvalue weighted by molar-refractivity contribution is 7.99. The minimum absolute atomic E-state index is 0.637. The molecule has 76 valence electrons. The zero-order valence-corrected chi connectivity index (χ0v) is 9.09. The Hall–Kier alpha value is -0.510. The second kappa shape index (κ2) is 3.57. The van der Waals surface area contributed by atoms with Crippen molar-refractivity contribution in [1.29, 1.82) is 0 Å². The average molecular weight is 209 g/mol. The topological polar surface area (TPSA) is 30.7 Å². The lowest BCUT2D eigenvalue weighted by Gasteiger charge is -2.10. The lowest BCUT2D eigenvalue weighted by atomic mass is 10.1. The molecule has 1 unspecified atom stereocenters. The summed E-state index contributed by atoms with van der Waals surface area (Å²) in [6.07, 6.45) is 4.97. The summed E-state index contributed by atoms with van der Waals surface area (Å²) in [6, 6.07) is 0. The predicted octanol–water partition coefficient (Wildman–Crippen LogP) is 1.83. The van der Waals surface area contributed by atoms with Crippen LogP contribution in [0, 0.1) is 0 Å². The fourth-order valence-electron chi connectivity index (χ4n) is 2.21. The summed E-state index contributed by atoms with van der Waals surface area (Å²) in [7, 11) is 0. The van der Waals surface area contributed by atoms with Crippen molar-refractivity contribution in [3.8, 4) is 0 Å². The second-order valence-corrected chi connectivity index (χ2v) is 5.28. The van der Waals surface area contributed by atoms with Gasteiger partial charge in [0, 0.05) is 24.6 Å². The van der Waals surface area contributed by atoms with E-state index in [0.717, 1.165) is 18.8 Å². The number of fused-ring (bicyclic) bond motifs is 1. The molecule has 2 aliphatic rings. The Balaban J connectivity index is 1.87. The van der Waals surface area contributed by atoms with Crippen molar-refractivity contribution in [1.82, 2.24) is 14.8 Å². The van der Waals surface area contributed by atoms with Gasteiger partial charge in [-0.2, -0.15) is 16.9 Å². The van der Waals surface area contributed by atoms with Gasteiger partial charge in [0.1, 0.15) is 5.82 Å². The van der Waals surface area contributed by atoms with Gasteiger partial charge in [0.05, 0.1) is 0 Å². The van der Waals surface area contributed by atoms with Crippen LogP contribution in [0.1, 0.15) is 36.8 Å². The summed E-state index contributed by atoms with van der Waals surface area (Å²) >= 11 is 2.03. The first-order chi connectivity index (χ1) is 6.93. The molecular formula is C10H15N3S. The molecule has 0 radical (unpaired) electrons. The van der Waals surface area contributed by atoms with E-state index in [1.54, 1.807) is 0 Å². The van der Waals surface area contributed by atoms with Crippen molar-refractivity contribution in [3.63, 3.8) is 0 Å². The van der Waals surface area contributed by atoms with Crippen LogP contribution in [-0.2, 0) is 13.0 Å². The van der Waals surface area contributed by atoms with Crippen molar-refractivity contribution in [2.75, 3.05) is 11.5 Å². The molecule has 1 atom stereocenters. The van der Waals surface area contributed by atoms with Gasteiger partial charge in [-0.15, -0.1) is 0 Å². The number of thioether (sulfide) groups is 1. The van der Waals surface area contributed by atoms with Crippen LogP contribution >= 0.6 is 11.8 Å². The van der Waals surface area contributed by atoms with Crippen molar-refractivity contribution in [2.24, 2.45) is 0 Å². The largest absolute Gasteiger partial charge is 0.250 e. The molecular weight excluding hydrogens is 194 g/mol. The van der Waals surface area contributed by atoms with Crippen LogP contribution in [0.5, 0.6) is 0 Å². The Kier molecular flexibility index (Phi) is 2.24. The Morgan fingerprint density at radius 2 is 2.36 bits per heavy atom. The Morgan fingerprint density at radius 3 is 3.14 bits per heavy atom. The van der Waals surface area contributed by atoms with E-state index < -0.39 is 0 Å². The first-order valence-electron chi connectivity index (χ1n) is 5.45. The fourth-order valence-corrected chi connectivity index (χ4v) is 3.43. The quantitative estimate of drug-likeness (QED) is 0.707. The van der Waals surface area contributed by atoms with Gasteiger partial charge >= 0.3 is 0 Å². The summed E-state index contributed by atoms with van der Waals surface area (Å²) in [5, 5.41) is 4.62. The Bertz CT molecular complexity index is 305. The molecule has 1 saturated heterocycles. The number of aromatic nitrogens is 3. The van der Waals surface area contributed by atoms with Gasteiger partial charge in [0.15, 0.2) is 5.82 Å². The predicted molar refractivity (Wildman–Crippen MR) is 57.6 cm³/mol. The number of aryl methyl sites for hydroxylation is 2. The molecule has 0 saturated carbocycles. The summed E-state index contributed by atoms with van der Waals surface area (Å²) in [5.41, 5.74) is 0. The molecule has 1 aromatic rings. The van der Waals surface area contributed by atoms with E-state index in [2.05, 4.69) is 14.8 Å². The number of nitrogens with zero attached hydrogens (tertiary/aromatic N) is 3. The first kappa shape index (κ1) is 8.77. The van der Waals surface area contributed by atoms with Gasteiger partial charge in [0.25, 0.3) is 0 Å². The average Bonchev–Trinajstić information content (AvgIpc) is 2.86. The van der Waals surface area contributed by atoms with Crippen molar-refractivity contribution < 1.29 is 0 Å². The molecule has 4 heteroatoms. The number of hydrogen-bond acceptors (Lipinski definition) is 3. The molecule has 3 heterocycles. The van der Waals surface area contributed by atoms with Crippen molar-refractivity contribution >= 4 is 11.8 Å².